The van der Waals surface area contributed by atoms with Crippen LogP contribution in [0.5, 0.6) is 0 Å². The molecule has 3 aromatic rings. The van der Waals surface area contributed by atoms with E-state index >= 15 is 0 Å². The molecular formula is C21H26N8. The molecule has 8 nitrogen and oxygen atoms in total. The fourth-order valence-corrected chi connectivity index (χ4v) is 4.97. The normalized spacial score (nSPS) is 23.9. The molecule has 2 fully saturated rings. The quantitative estimate of drug-likeness (QED) is 0.511. The number of aromatic amines is 2. The fourth-order valence-electron chi connectivity index (χ4n) is 4.97. The Morgan fingerprint density at radius 1 is 1.24 bits per heavy atom. The van der Waals surface area contributed by atoms with Crippen molar-refractivity contribution in [1.29, 1.82) is 5.26 Å². The maximum absolute atomic E-state index is 8.94. The first-order valence-electron chi connectivity index (χ1n) is 10.4. The highest BCUT2D eigenvalue weighted by Gasteiger charge is 2.40. The third kappa shape index (κ3) is 3.54. The lowest BCUT2D eigenvalue weighted by Gasteiger charge is -2.39. The summed E-state index contributed by atoms with van der Waals surface area (Å²) in [5, 5.41) is 24.3. The van der Waals surface area contributed by atoms with Crippen LogP contribution in [0.2, 0.25) is 0 Å². The molecular weight excluding hydrogens is 364 g/mol. The van der Waals surface area contributed by atoms with Crippen LogP contribution in [0.15, 0.2) is 24.4 Å². The van der Waals surface area contributed by atoms with Crippen LogP contribution in [0, 0.1) is 18.3 Å². The zero-order valence-electron chi connectivity index (χ0n) is 16.6. The average molecular weight is 390 g/mol. The lowest BCUT2D eigenvalue weighted by atomic mass is 9.97. The fraction of sp³-hybridized carbons (Fsp3) is 0.476. The number of nitriles is 1. The van der Waals surface area contributed by atoms with Crippen molar-refractivity contribution >= 4 is 28.4 Å². The van der Waals surface area contributed by atoms with Gasteiger partial charge in [-0.1, -0.05) is 0 Å². The van der Waals surface area contributed by atoms with Crippen LogP contribution in [-0.4, -0.2) is 49.7 Å². The molecule has 5 rings (SSSR count). The van der Waals surface area contributed by atoms with Gasteiger partial charge in [0.1, 0.15) is 11.6 Å². The second-order valence-electron chi connectivity index (χ2n) is 8.20. The number of hydrogen-bond donors (Lipinski definition) is 4. The number of aromatic nitrogens is 4. The van der Waals surface area contributed by atoms with Crippen molar-refractivity contribution in [3.8, 4) is 6.07 Å². The number of anilines is 3. The number of aryl methyl sites for hydroxylation is 1. The van der Waals surface area contributed by atoms with Crippen LogP contribution < -0.4 is 10.6 Å². The molecule has 8 heteroatoms. The first-order chi connectivity index (χ1) is 14.2. The highest BCUT2D eigenvalue weighted by molar-refractivity contribution is 5.92. The van der Waals surface area contributed by atoms with Gasteiger partial charge >= 0.3 is 0 Å². The van der Waals surface area contributed by atoms with Gasteiger partial charge in [-0.05, 0) is 38.7 Å². The van der Waals surface area contributed by atoms with Crippen molar-refractivity contribution in [2.24, 2.45) is 0 Å². The van der Waals surface area contributed by atoms with E-state index in [1.165, 1.54) is 12.8 Å². The molecule has 29 heavy (non-hydrogen) atoms. The van der Waals surface area contributed by atoms with E-state index in [0.717, 1.165) is 53.4 Å². The van der Waals surface area contributed by atoms with E-state index in [0.29, 0.717) is 24.5 Å². The van der Waals surface area contributed by atoms with Gasteiger partial charge in [-0.25, -0.2) is 4.98 Å². The summed E-state index contributed by atoms with van der Waals surface area (Å²) in [6, 6.07) is 9.90. The molecule has 0 aromatic carbocycles. The minimum atomic E-state index is 0.402. The molecule has 0 saturated carbocycles. The molecule has 3 aromatic heterocycles. The standard InChI is InChI=1S/C21H26N8/c1-13-9-20(28-27-13)25-19-12-18-17(5-7-23-18)21(26-19)24-14-10-15-3-4-16(11-14)29(15)8-2-6-22/h5,7,9,12,14-16,23H,2-4,8,10-11H2,1H3,(H3,24,25,26,27,28). The number of piperidine rings is 1. The van der Waals surface area contributed by atoms with Crippen LogP contribution in [0.25, 0.3) is 10.9 Å². The second kappa shape index (κ2) is 7.41. The maximum Gasteiger partial charge on any atom is 0.153 e. The summed E-state index contributed by atoms with van der Waals surface area (Å²) in [7, 11) is 0. The van der Waals surface area contributed by atoms with Crippen LogP contribution in [0.1, 0.15) is 37.8 Å². The van der Waals surface area contributed by atoms with E-state index in [1.54, 1.807) is 0 Å². The predicted octanol–water partition coefficient (Wildman–Crippen LogP) is 3.66. The summed E-state index contributed by atoms with van der Waals surface area (Å²) in [5.74, 6) is 2.44. The molecule has 150 valence electrons. The highest BCUT2D eigenvalue weighted by Crippen LogP contribution is 2.37. The summed E-state index contributed by atoms with van der Waals surface area (Å²) in [5.41, 5.74) is 2.05. The molecule has 2 saturated heterocycles. The van der Waals surface area contributed by atoms with E-state index in [9.17, 15) is 0 Å². The Hall–Kier alpha value is -3.05. The first kappa shape index (κ1) is 18.0. The van der Waals surface area contributed by atoms with Crippen LogP contribution in [0.3, 0.4) is 0 Å². The van der Waals surface area contributed by atoms with Crippen molar-refractivity contribution in [3.05, 3.63) is 30.1 Å². The lowest BCUT2D eigenvalue weighted by Crippen LogP contribution is -2.47. The number of H-pyrrole nitrogens is 2. The largest absolute Gasteiger partial charge is 0.367 e. The predicted molar refractivity (Wildman–Crippen MR) is 113 cm³/mol. The number of pyridine rings is 1. The van der Waals surface area contributed by atoms with Crippen molar-refractivity contribution in [3.63, 3.8) is 0 Å². The van der Waals surface area contributed by atoms with Crippen molar-refractivity contribution < 1.29 is 0 Å². The van der Waals surface area contributed by atoms with Gasteiger partial charge in [-0.3, -0.25) is 10.00 Å². The molecule has 5 heterocycles. The van der Waals surface area contributed by atoms with Gasteiger partial charge < -0.3 is 15.6 Å². The van der Waals surface area contributed by atoms with Gasteiger partial charge in [0.05, 0.1) is 11.6 Å². The smallest absolute Gasteiger partial charge is 0.153 e. The van der Waals surface area contributed by atoms with Crippen molar-refractivity contribution in [1.82, 2.24) is 25.1 Å². The van der Waals surface area contributed by atoms with Gasteiger partial charge in [0, 0.05) is 60.5 Å². The van der Waals surface area contributed by atoms with Gasteiger partial charge in [0.25, 0.3) is 0 Å². The van der Waals surface area contributed by atoms with Crippen LogP contribution in [-0.2, 0) is 0 Å². The summed E-state index contributed by atoms with van der Waals surface area (Å²) in [6.07, 6.45) is 7.26. The Labute approximate surface area is 169 Å². The highest BCUT2D eigenvalue weighted by atomic mass is 15.2. The summed E-state index contributed by atoms with van der Waals surface area (Å²) >= 11 is 0. The van der Waals surface area contributed by atoms with E-state index < -0.39 is 0 Å². The maximum atomic E-state index is 8.94. The summed E-state index contributed by atoms with van der Waals surface area (Å²) < 4.78 is 0. The number of hydrogen-bond acceptors (Lipinski definition) is 6. The van der Waals surface area contributed by atoms with E-state index in [-0.39, 0.29) is 0 Å². The Balaban J connectivity index is 1.35. The Morgan fingerprint density at radius 3 is 2.79 bits per heavy atom. The van der Waals surface area contributed by atoms with E-state index in [4.69, 9.17) is 10.2 Å². The molecule has 2 unspecified atom stereocenters. The third-order valence-electron chi connectivity index (χ3n) is 6.22. The van der Waals surface area contributed by atoms with Crippen molar-refractivity contribution in [2.75, 3.05) is 17.2 Å². The number of rotatable bonds is 6. The van der Waals surface area contributed by atoms with Gasteiger partial charge in [0.15, 0.2) is 5.82 Å². The summed E-state index contributed by atoms with van der Waals surface area (Å²) in [4.78, 5) is 10.7. The van der Waals surface area contributed by atoms with E-state index in [2.05, 4.69) is 42.9 Å². The average Bonchev–Trinajstić information content (AvgIpc) is 3.39. The van der Waals surface area contributed by atoms with Gasteiger partial charge in [0.2, 0.25) is 0 Å². The monoisotopic (exact) mass is 390 g/mol. The van der Waals surface area contributed by atoms with Gasteiger partial charge in [-0.15, -0.1) is 0 Å². The van der Waals surface area contributed by atoms with Crippen LogP contribution in [0.4, 0.5) is 17.5 Å². The number of nitrogens with one attached hydrogen (secondary N) is 4. The molecule has 0 radical (unpaired) electrons. The molecule has 4 N–H and O–H groups in total. The molecule has 0 amide bonds. The third-order valence-corrected chi connectivity index (χ3v) is 6.22. The molecule has 2 aliphatic rings. The van der Waals surface area contributed by atoms with Gasteiger partial charge in [-0.2, -0.15) is 10.4 Å². The topological polar surface area (TPSA) is 108 Å². The Kier molecular flexibility index (Phi) is 4.60. The lowest BCUT2D eigenvalue weighted by molar-refractivity contribution is 0.136. The summed E-state index contributed by atoms with van der Waals surface area (Å²) in [6.45, 7) is 2.88. The molecule has 0 aliphatic carbocycles. The number of fused-ring (bicyclic) bond motifs is 3. The minimum absolute atomic E-state index is 0.402. The zero-order valence-corrected chi connectivity index (χ0v) is 16.6. The number of nitrogens with zero attached hydrogens (tertiary/aromatic N) is 4. The minimum Gasteiger partial charge on any atom is -0.367 e. The first-order valence-corrected chi connectivity index (χ1v) is 10.4. The molecule has 2 atom stereocenters. The molecule has 2 bridgehead atoms. The molecule has 2 aliphatic heterocycles. The zero-order chi connectivity index (χ0) is 19.8. The molecule has 0 spiro atoms. The Morgan fingerprint density at radius 2 is 2.07 bits per heavy atom. The van der Waals surface area contributed by atoms with Crippen molar-refractivity contribution in [2.45, 2.75) is 57.2 Å². The van der Waals surface area contributed by atoms with Crippen LogP contribution >= 0.6 is 0 Å². The Bertz CT molecular complexity index is 1030. The second-order valence-corrected chi connectivity index (χ2v) is 8.20. The SMILES string of the molecule is Cc1cc(Nc2cc3[nH]ccc3c(NC3CC4CCC(C3)N4CCC#N)n2)n[nH]1. The van der Waals surface area contributed by atoms with E-state index in [1.807, 2.05) is 25.3 Å².